The number of carbonyl (C=O) groups excluding carboxylic acids is 10. The Morgan fingerprint density at radius 1 is 0.692 bits per heavy atom. The van der Waals surface area contributed by atoms with Gasteiger partial charge in [0.2, 0.25) is 65.2 Å². The number of aliphatic hydroxyl groups is 6. The number of carbonyl (C=O) groups is 10. The van der Waals surface area contributed by atoms with E-state index in [1.54, 1.807) is 0 Å². The first-order valence-electron chi connectivity index (χ1n) is 43.1. The van der Waals surface area contributed by atoms with E-state index < -0.39 is 238 Å². The van der Waals surface area contributed by atoms with Gasteiger partial charge in [0.25, 0.3) is 0 Å². The number of aromatic hydroxyl groups is 3. The number of imide groups is 1. The molecule has 6 aromatic carbocycles. The highest BCUT2D eigenvalue weighted by atomic mass is 35.5. The van der Waals surface area contributed by atoms with Crippen molar-refractivity contribution < 1.29 is 127 Å². The number of aliphatic hydroxyl groups excluding tert-OH is 6. The number of phenols is 3. The van der Waals surface area contributed by atoms with Crippen molar-refractivity contribution in [2.24, 2.45) is 35.3 Å². The first kappa shape index (κ1) is 94.5. The number of likely N-dealkylation sites (N-methyl/N-ethyl adjacent to an activating group) is 1. The molecule has 130 heavy (non-hydrogen) atoms. The smallest absolute Gasteiger partial charge is 0.325 e. The van der Waals surface area contributed by atoms with Gasteiger partial charge in [-0.25, -0.2) is 4.79 Å². The zero-order valence-corrected chi connectivity index (χ0v) is 73.2. The summed E-state index contributed by atoms with van der Waals surface area (Å²) in [7, 11) is 2.89. The Balaban J connectivity index is 0.978. The van der Waals surface area contributed by atoms with E-state index in [1.807, 2.05) is 13.8 Å². The topological polar surface area (TPSA) is 588 Å². The van der Waals surface area contributed by atoms with E-state index in [9.17, 15) is 65.1 Å². The van der Waals surface area contributed by atoms with Gasteiger partial charge in [0.1, 0.15) is 101 Å². The number of aryl methyl sites for hydroxylation is 1. The Bertz CT molecular complexity index is 5290. The lowest BCUT2D eigenvalue weighted by atomic mass is 9.54. The van der Waals surface area contributed by atoms with E-state index in [1.165, 1.54) is 96.4 Å². The van der Waals surface area contributed by atoms with Gasteiger partial charge in [0.05, 0.1) is 49.0 Å². The summed E-state index contributed by atoms with van der Waals surface area (Å²) < 4.78 is 44.7. The summed E-state index contributed by atoms with van der Waals surface area (Å²) >= 11 is 7.34. The summed E-state index contributed by atoms with van der Waals surface area (Å²) in [5, 5.41) is 141. The number of methoxy groups -OCH3 is 1. The molecule has 0 aromatic heterocycles. The summed E-state index contributed by atoms with van der Waals surface area (Å²) in [4.78, 5) is 152. The van der Waals surface area contributed by atoms with Gasteiger partial charge in [-0.1, -0.05) is 43.6 Å². The Hall–Kier alpha value is -11.6. The molecule has 2 saturated heterocycles. The van der Waals surface area contributed by atoms with E-state index in [4.69, 9.17) is 50.5 Å². The van der Waals surface area contributed by atoms with Crippen LogP contribution in [0.3, 0.4) is 0 Å². The number of anilines is 1. The predicted octanol–water partition coefficient (Wildman–Crippen LogP) is 2.71. The zero-order chi connectivity index (χ0) is 93.3. The maximum absolute atomic E-state index is 16.8. The van der Waals surface area contributed by atoms with E-state index >= 15 is 28.8 Å². The summed E-state index contributed by atoms with van der Waals surface area (Å²) in [6.45, 7) is 8.28. The number of ether oxygens (including phenoxy) is 7. The molecule has 11 amide bonds. The molecular formula is C90H110ClN13O26. The highest BCUT2D eigenvalue weighted by Gasteiger charge is 2.54. The molecule has 0 unspecified atom stereocenters. The number of hydrogen-bond acceptors (Lipinski definition) is 29. The van der Waals surface area contributed by atoms with Crippen LogP contribution in [0.2, 0.25) is 5.02 Å². The Morgan fingerprint density at radius 3 is 1.98 bits per heavy atom. The number of nitrogens with two attached hydrogens (primary N) is 1. The van der Waals surface area contributed by atoms with Crippen molar-refractivity contribution in [1.29, 1.82) is 0 Å². The molecule has 11 aliphatic rings. The summed E-state index contributed by atoms with van der Waals surface area (Å²) in [5.41, 5.74) is 2.94. The fourth-order valence-corrected chi connectivity index (χ4v) is 19.1. The molecule has 4 aliphatic carbocycles. The van der Waals surface area contributed by atoms with Gasteiger partial charge >= 0.3 is 6.03 Å². The molecule has 6 fully saturated rings. The minimum Gasteiger partial charge on any atom is -0.507 e. The second kappa shape index (κ2) is 39.6. The zero-order valence-electron chi connectivity index (χ0n) is 72.4. The Labute approximate surface area is 751 Å². The molecule has 23 N–H and O–H groups in total. The van der Waals surface area contributed by atoms with Crippen molar-refractivity contribution in [3.63, 3.8) is 0 Å². The van der Waals surface area contributed by atoms with Crippen LogP contribution in [0.4, 0.5) is 10.5 Å². The number of nitrogens with one attached hydrogen (secondary N) is 12. The first-order valence-corrected chi connectivity index (χ1v) is 43.5. The molecule has 17 rings (SSSR count). The standard InChI is InChI=1S/C90H110ClN13O26/c1-37(2)21-55(93-7)81(116)103-71-73(110)44-10-17-59(38(3)22-44)126-61-30-48-31-62(78(61)130-88-79(77(114)76(113)63(36-105)128-88)129-65-34-90(6,92)80(115)39(4)125-65)127-60-18-11-45(29-54(60)91)74(111)72-87(122)102-70(85(120)99-67-46-24-41-23-42(26-46)27-47(67)25-41)52-32-58(108)53(35-94-19-20-95-40(5)106)75(112)66(52)51-28-43(9-16-57(51)107)68(83(118)104-72)101-84(119)69(48)100-82(117)56(97-86(71)121)33-64(109)98-89(123)96-49-12-14-50(124-8)15-13-49/h9-18,22,28-32,37,39,41-42,46-47,55-56,63,65,67-74,76-77,79-80,88,93-94,105,107-108,110-115H,19-21,23-27,33-36,92H2,1-8H3,(H,95,106)(H,97,121)(H,99,120)(H,100,117)(H,101,119)(H,102,122)(H,103,116)(H,104,118)(H2,96,98,109,123)/t39-,41?,42?,46?,47?,55+,56-,63+,65-,67?,68+,69+,70-,71+,72-,73+,74+,76+,77-,79+,80+,88-,90-/m0/s1. The van der Waals surface area contributed by atoms with Crippen LogP contribution in [0.25, 0.3) is 11.1 Å². The van der Waals surface area contributed by atoms with Gasteiger partial charge in [0.15, 0.2) is 23.9 Å². The highest BCUT2D eigenvalue weighted by Crippen LogP contribution is 2.55. The van der Waals surface area contributed by atoms with E-state index in [0.717, 1.165) is 74.6 Å². The van der Waals surface area contributed by atoms with Gasteiger partial charge in [-0.2, -0.15) is 0 Å². The van der Waals surface area contributed by atoms with Crippen LogP contribution in [0.15, 0.2) is 97.1 Å². The fraction of sp³-hybridized carbons (Fsp3) is 0.489. The maximum Gasteiger partial charge on any atom is 0.325 e. The van der Waals surface area contributed by atoms with Gasteiger partial charge in [-0.3, -0.25) is 48.5 Å². The SMILES string of the molecule is CN[C@H](CC(C)C)C(=O)N[C@H]1C(=O)N[C@@H](CC(=O)NC(=O)Nc2ccc(OC)cc2)C(=O)N[C@H]2C(=O)N[C@H]3C(=O)N[C@H](C(=O)N[C@H](C(=O)NC4C5CC6CC(C5)CC4C6)c4cc(O)c(CNCCNC(C)=O)c(O)c4-c4cc3ccc4O)[C@H](O)c3ccc(c(Cl)c3)Oc3cc2cc(c3O[C@@H]2O[C@H](CO)[C@@H](O)[C@H](O)[C@H]2O[C@H]2C[C@](C)(N)[C@H](O)[C@H](C)O2)Oc2ccc(cc2C)[C@H]1O. The van der Waals surface area contributed by atoms with E-state index in [-0.39, 0.29) is 107 Å². The minimum atomic E-state index is -2.43. The van der Waals surface area contributed by atoms with Crippen molar-refractivity contribution >= 4 is 76.5 Å². The monoisotopic (exact) mass is 1820 g/mol. The lowest BCUT2D eigenvalue weighted by Gasteiger charge is -2.54. The lowest BCUT2D eigenvalue weighted by Crippen LogP contribution is -2.64. The summed E-state index contributed by atoms with van der Waals surface area (Å²) in [6, 6.07) is 4.01. The quantitative estimate of drug-likeness (QED) is 0.0461. The van der Waals surface area contributed by atoms with E-state index in [2.05, 4.69) is 63.8 Å². The molecular weight excluding hydrogens is 1710 g/mol. The van der Waals surface area contributed by atoms with Gasteiger partial charge < -0.3 is 143 Å². The lowest BCUT2D eigenvalue weighted by molar-refractivity contribution is -0.333. The number of hydrogen-bond donors (Lipinski definition) is 22. The molecule has 6 aromatic rings. The molecule has 4 saturated carbocycles. The van der Waals surface area contributed by atoms with Crippen molar-refractivity contribution in [3.8, 4) is 62.9 Å². The molecule has 40 heteroatoms. The molecule has 15 bridgehead atoms. The second-order valence-electron chi connectivity index (χ2n) is 35.4. The van der Waals surface area contributed by atoms with E-state index in [0.29, 0.717) is 17.6 Å². The molecule has 7 heterocycles. The van der Waals surface area contributed by atoms with Gasteiger partial charge in [0, 0.05) is 61.4 Å². The predicted molar refractivity (Wildman–Crippen MR) is 462 cm³/mol. The molecule has 0 radical (unpaired) electrons. The van der Waals surface area contributed by atoms with Gasteiger partial charge in [-0.15, -0.1) is 0 Å². The molecule has 7 aliphatic heterocycles. The van der Waals surface area contributed by atoms with Crippen molar-refractivity contribution in [2.75, 3.05) is 39.2 Å². The summed E-state index contributed by atoms with van der Waals surface area (Å²) in [6.07, 6.45) is -14.6. The Morgan fingerprint density at radius 2 is 1.34 bits per heavy atom. The normalized spacial score (nSPS) is 29.5. The summed E-state index contributed by atoms with van der Waals surface area (Å²) in [5.74, 6) is -13.6. The van der Waals surface area contributed by atoms with Gasteiger partial charge in [-0.05, 0) is 208 Å². The third-order valence-electron chi connectivity index (χ3n) is 25.4. The van der Waals surface area contributed by atoms with Crippen molar-refractivity contribution in [2.45, 2.75) is 215 Å². The number of fused-ring (bicyclic) bond motifs is 15. The van der Waals surface area contributed by atoms with Crippen molar-refractivity contribution in [3.05, 3.63) is 141 Å². The molecule has 0 spiro atoms. The first-order chi connectivity index (χ1) is 61.8. The Kier molecular flexibility index (Phi) is 28.8. The van der Waals surface area contributed by atoms with Crippen molar-refractivity contribution in [1.82, 2.24) is 58.5 Å². The third-order valence-corrected chi connectivity index (χ3v) is 25.7. The number of benzene rings is 6. The van der Waals surface area contributed by atoms with Crippen LogP contribution in [-0.2, 0) is 63.9 Å². The van der Waals surface area contributed by atoms with Crippen LogP contribution in [0.1, 0.15) is 155 Å². The number of rotatable bonds is 21. The number of phenolic OH excluding ortho intramolecular Hbond substituents is 3. The van der Waals surface area contributed by atoms with Crippen LogP contribution in [0, 0.1) is 36.5 Å². The van der Waals surface area contributed by atoms with Crippen LogP contribution in [-0.4, -0.2) is 224 Å². The molecule has 698 valence electrons. The molecule has 18 atom stereocenters. The average Bonchev–Trinajstić information content (AvgIpc) is 0.749. The number of amides is 11. The maximum atomic E-state index is 16.8. The third kappa shape index (κ3) is 20.6. The van der Waals surface area contributed by atoms with Crippen LogP contribution < -0.4 is 88.5 Å². The average molecular weight is 1830 g/mol. The number of urea groups is 1. The van der Waals surface area contributed by atoms with Crippen LogP contribution in [0.5, 0.6) is 51.7 Å². The largest absolute Gasteiger partial charge is 0.507 e. The fourth-order valence-electron chi connectivity index (χ4n) is 18.9. The number of halogens is 1. The van der Waals surface area contributed by atoms with Crippen LogP contribution >= 0.6 is 11.6 Å². The second-order valence-corrected chi connectivity index (χ2v) is 35.8. The minimum absolute atomic E-state index is 0.0173. The molecule has 39 nitrogen and oxygen atoms in total. The highest BCUT2D eigenvalue weighted by molar-refractivity contribution is 6.32.